The molecule has 0 rings (SSSR count). The summed E-state index contributed by atoms with van der Waals surface area (Å²) < 4.78 is 43.1. The van der Waals surface area contributed by atoms with Crippen LogP contribution in [0.3, 0.4) is 0 Å². The van der Waals surface area contributed by atoms with Crippen molar-refractivity contribution in [3.05, 3.63) is 0 Å². The van der Waals surface area contributed by atoms with Gasteiger partial charge in [-0.3, -0.25) is 0 Å². The predicted molar refractivity (Wildman–Crippen MR) is 44.7 cm³/mol. The molecule has 0 atom stereocenters. The molecule has 0 aliphatic carbocycles. The Bertz CT molecular complexity index is 379. The second kappa shape index (κ2) is 23.4. The quantitative estimate of drug-likeness (QED) is 0.193. The Labute approximate surface area is 212 Å². The maximum Gasteiger partial charge on any atom is 4.00 e. The fourth-order valence-electron chi connectivity index (χ4n) is 0. The molecule has 0 amide bonds. The molecule has 0 fully saturated rings. The summed E-state index contributed by atoms with van der Waals surface area (Å²) in [6.07, 6.45) is 0. The molecule has 28 heavy (non-hydrogen) atoms. The van der Waals surface area contributed by atoms with Gasteiger partial charge in [0, 0.05) is 0 Å². The summed E-state index contributed by atoms with van der Waals surface area (Å²) in [5.74, 6) is 0. The first-order chi connectivity index (χ1) is 10.0. The van der Waals surface area contributed by atoms with Crippen molar-refractivity contribution in [3.63, 3.8) is 0 Å². The van der Waals surface area contributed by atoms with Gasteiger partial charge in [0.2, 0.25) is 0 Å². The van der Waals surface area contributed by atoms with E-state index in [9.17, 15) is 0 Å². The Hall–Kier alpha value is 3.20. The average Bonchev–Trinajstić information content (AvgIpc) is 1.79. The van der Waals surface area contributed by atoms with Crippen LogP contribution < -0.4 is 58.7 Å². The molecule has 0 unspecified atom stereocenters. The van der Waals surface area contributed by atoms with Gasteiger partial charge in [-0.2, -0.15) is 31.3 Å². The van der Waals surface area contributed by atoms with Crippen LogP contribution in [-0.4, -0.2) is 14.7 Å². The monoisotopic (exact) mass is 748 g/mol. The van der Waals surface area contributed by atoms with E-state index >= 15 is 0 Å². The fraction of sp³-hybridized carbons (Fsp3) is 0. The van der Waals surface area contributed by atoms with E-state index in [2.05, 4.69) is 0 Å². The number of phosphoric acid groups is 5. The molecule has 0 aromatic rings. The van der Waals surface area contributed by atoms with E-state index in [0.717, 1.165) is 0 Å². The van der Waals surface area contributed by atoms with Gasteiger partial charge in [0.25, 0.3) is 0 Å². The van der Waals surface area contributed by atoms with E-state index < -0.39 is 39.1 Å². The molecule has 0 saturated carbocycles. The molecule has 0 heterocycles. The third-order valence-electron chi connectivity index (χ3n) is 0. The van der Waals surface area contributed by atoms with Crippen molar-refractivity contribution >= 4 is 39.1 Å². The summed E-state index contributed by atoms with van der Waals surface area (Å²) in [4.78, 5) is 124. The molecule has 20 nitrogen and oxygen atoms in total. The summed E-state index contributed by atoms with van der Waals surface area (Å²) in [6, 6.07) is 0. The molecule has 0 radical (unpaired) electrons. The second-order valence-electron chi connectivity index (χ2n) is 2.30. The Morgan fingerprint density at radius 3 is 0.357 bits per heavy atom. The van der Waals surface area contributed by atoms with Crippen LogP contribution in [0.25, 0.3) is 0 Å². The molecule has 0 aromatic carbocycles. The van der Waals surface area contributed by atoms with E-state index in [1.807, 2.05) is 0 Å². The number of rotatable bonds is 0. The van der Waals surface area contributed by atoms with Crippen LogP contribution in [0.5, 0.6) is 0 Å². The summed E-state index contributed by atoms with van der Waals surface area (Å²) >= 11 is 0. The first kappa shape index (κ1) is 52.9. The molecule has 3 N–H and O–H groups in total. The van der Waals surface area contributed by atoms with E-state index in [0.29, 0.717) is 0 Å². The van der Waals surface area contributed by atoms with E-state index in [1.54, 1.807) is 0 Å². The van der Waals surface area contributed by atoms with Crippen molar-refractivity contribution < 1.29 is 175 Å². The van der Waals surface area contributed by atoms with Crippen molar-refractivity contribution in [1.29, 1.82) is 0 Å². The van der Waals surface area contributed by atoms with Gasteiger partial charge in [0.1, 0.15) is 0 Å². The van der Waals surface area contributed by atoms with Gasteiger partial charge in [0.05, 0.1) is 0 Å². The first-order valence-corrected chi connectivity index (χ1v) is 11.1. The molecular weight excluding hydrogens is 749 g/mol. The van der Waals surface area contributed by atoms with Crippen LogP contribution in [0.4, 0.5) is 0 Å². The Morgan fingerprint density at radius 2 is 0.357 bits per heavy atom. The van der Waals surface area contributed by atoms with E-state index in [4.69, 9.17) is 96.2 Å². The summed E-state index contributed by atoms with van der Waals surface area (Å²) in [6.45, 7) is 0. The van der Waals surface area contributed by atoms with Gasteiger partial charge in [-0.1, -0.05) is 0 Å². The van der Waals surface area contributed by atoms with Crippen LogP contribution in [0.15, 0.2) is 0 Å². The van der Waals surface area contributed by atoms with Gasteiger partial charge >= 0.3 is 86.4 Å². The molecule has 0 spiro atoms. The molecule has 0 bridgehead atoms. The SMILES string of the molecule is O=P(O)(O)O.O=P([O-])([O-])[O-].O=P([O-])([O-])[O-].O=P([O-])([O-])[O-].O=P([O-])([O-])[O-].[Zr+4].[Zr+4].[Zr+4]. The maximum atomic E-state index is 8.88. The van der Waals surface area contributed by atoms with Gasteiger partial charge in [-0.05, 0) is 0 Å². The van der Waals surface area contributed by atoms with Gasteiger partial charge in [-0.25, -0.2) is 4.57 Å². The molecule has 160 valence electrons. The molecule has 28 heteroatoms. The fourth-order valence-corrected chi connectivity index (χ4v) is 0. The van der Waals surface area contributed by atoms with Crippen LogP contribution >= 0.6 is 39.1 Å². The normalized spacial score (nSPS) is 10.5. The zero-order valence-electron chi connectivity index (χ0n) is 12.0. The average molecular weight is 752 g/mol. The first-order valence-electron chi connectivity index (χ1n) is 3.70. The van der Waals surface area contributed by atoms with Gasteiger partial charge in [0.15, 0.2) is 0 Å². The van der Waals surface area contributed by atoms with Crippen molar-refractivity contribution in [2.75, 3.05) is 0 Å². The predicted octanol–water partition coefficient (Wildman–Crippen LogP) is -12.2. The van der Waals surface area contributed by atoms with Crippen molar-refractivity contribution in [1.82, 2.24) is 0 Å². The molecular formula is H3O20P5Zr3. The number of hydrogen-bond donors (Lipinski definition) is 3. The topological polar surface area (TPSA) is 423 Å². The third kappa shape index (κ3) is 2270. The van der Waals surface area contributed by atoms with Gasteiger partial charge in [-0.15, -0.1) is 0 Å². The third-order valence-corrected chi connectivity index (χ3v) is 0. The Morgan fingerprint density at radius 1 is 0.357 bits per heavy atom. The van der Waals surface area contributed by atoms with Crippen LogP contribution in [-0.2, 0) is 101 Å². The Balaban J connectivity index is -0.0000000290. The minimum absolute atomic E-state index is 0. The minimum Gasteiger partial charge on any atom is -0.822 e. The summed E-state index contributed by atoms with van der Waals surface area (Å²) in [5.41, 5.74) is 0. The molecule has 0 aromatic heterocycles. The molecule has 0 aliphatic rings. The maximum absolute atomic E-state index is 8.88. The largest absolute Gasteiger partial charge is 4.00 e. The van der Waals surface area contributed by atoms with Crippen molar-refractivity contribution in [3.8, 4) is 0 Å². The minimum atomic E-state index is -5.39. The van der Waals surface area contributed by atoms with Crippen LogP contribution in [0.1, 0.15) is 0 Å². The van der Waals surface area contributed by atoms with Gasteiger partial charge < -0.3 is 91.7 Å². The Kier molecular flexibility index (Phi) is 44.1. The summed E-state index contributed by atoms with van der Waals surface area (Å²) in [5, 5.41) is 0. The van der Waals surface area contributed by atoms with Crippen LogP contribution in [0, 0.1) is 0 Å². The van der Waals surface area contributed by atoms with Crippen molar-refractivity contribution in [2.24, 2.45) is 0 Å². The molecule has 0 saturated heterocycles. The zero-order chi connectivity index (χ0) is 22.5. The zero-order valence-corrected chi connectivity index (χ0v) is 23.9. The van der Waals surface area contributed by atoms with Crippen LogP contribution in [0.2, 0.25) is 0 Å². The second-order valence-corrected chi connectivity index (χ2v) is 6.91. The molecule has 0 aliphatic heterocycles. The van der Waals surface area contributed by atoms with Crippen molar-refractivity contribution in [2.45, 2.75) is 0 Å². The van der Waals surface area contributed by atoms with E-state index in [-0.39, 0.29) is 78.6 Å². The number of hydrogen-bond acceptors (Lipinski definition) is 17. The standard InChI is InChI=1S/5H3O4P.3Zr/c5*1-5(2,3)4;;;/h5*(H3,1,2,3,4);;;/q;;;;;3*+4/p-12. The van der Waals surface area contributed by atoms with E-state index in [1.165, 1.54) is 0 Å². The smallest absolute Gasteiger partial charge is 0.822 e. The summed E-state index contributed by atoms with van der Waals surface area (Å²) in [7, 11) is -26.2.